The van der Waals surface area contributed by atoms with Gasteiger partial charge in [0.2, 0.25) is 25.2 Å². The quantitative estimate of drug-likeness (QED) is 0.0679. The number of imidazole rings is 1. The minimum absolute atomic E-state index is 0.0473. The van der Waals surface area contributed by atoms with Crippen LogP contribution in [-0.4, -0.2) is 232 Å². The Morgan fingerprint density at radius 2 is 1.02 bits per heavy atom. The smallest absolute Gasteiger partial charge is 0.353 e. The van der Waals surface area contributed by atoms with Crippen LogP contribution in [0.25, 0.3) is 5.65 Å². The van der Waals surface area contributed by atoms with Gasteiger partial charge in [0.05, 0.1) is 86.0 Å². The van der Waals surface area contributed by atoms with Crippen LogP contribution in [0.4, 0.5) is 0 Å². The number of cyclic esters (lactones) is 2. The van der Waals surface area contributed by atoms with Gasteiger partial charge in [-0.2, -0.15) is 4.68 Å². The Bertz CT molecular complexity index is 4330. The number of esters is 2. The molecule has 8 N–H and O–H groups in total. The third kappa shape index (κ3) is 13.0. The first-order valence-corrected chi connectivity index (χ1v) is 33.7. The number of ether oxygens (including phenoxy) is 19. The van der Waals surface area contributed by atoms with Gasteiger partial charge in [-0.25, -0.2) is 14.2 Å². The molecule has 4 aromatic carbocycles. The molecule has 6 fully saturated rings. The van der Waals surface area contributed by atoms with Gasteiger partial charge in [-0.1, -0.05) is 5.21 Å². The van der Waals surface area contributed by atoms with Crippen molar-refractivity contribution in [1.29, 1.82) is 0 Å². The van der Waals surface area contributed by atoms with E-state index in [2.05, 4.69) is 25.9 Å². The number of hydrogen-bond acceptors (Lipinski definition) is 32. The lowest BCUT2D eigenvalue weighted by atomic mass is 9.66. The fourth-order valence-corrected chi connectivity index (χ4v) is 15.5. The summed E-state index contributed by atoms with van der Waals surface area (Å²) in [6.45, 7) is 4.54. The molecular formula is C69H80N8O28. The van der Waals surface area contributed by atoms with Crippen molar-refractivity contribution in [2.24, 2.45) is 36.5 Å². The van der Waals surface area contributed by atoms with E-state index < -0.39 is 145 Å². The molecule has 6 aromatic rings. The summed E-state index contributed by atoms with van der Waals surface area (Å²) in [6, 6.07) is 14.9. The number of aliphatic hydroxyl groups excluding tert-OH is 4. The van der Waals surface area contributed by atoms with Crippen LogP contribution < -0.4 is 64.7 Å². The molecule has 0 bridgehead atoms. The normalized spacial score (nSPS) is 31.3. The summed E-state index contributed by atoms with van der Waals surface area (Å²) in [4.78, 5) is 65.3. The van der Waals surface area contributed by atoms with Crippen LogP contribution in [-0.2, 0) is 70.6 Å². The molecule has 6 saturated heterocycles. The molecule has 8 aliphatic heterocycles. The van der Waals surface area contributed by atoms with Gasteiger partial charge in [-0.3, -0.25) is 19.2 Å². The maximum absolute atomic E-state index is 13.5. The van der Waals surface area contributed by atoms with Crippen LogP contribution in [0.5, 0.6) is 51.7 Å². The number of amides is 2. The lowest BCUT2D eigenvalue weighted by Crippen LogP contribution is -2.63. The summed E-state index contributed by atoms with van der Waals surface area (Å²) >= 11 is 0. The number of carbonyl (C=O) groups excluding carboxylic acids is 4. The van der Waals surface area contributed by atoms with Crippen LogP contribution in [0.3, 0.4) is 0 Å². The standard InChI is InChI=1S/C31H37NO12.C30H34O13.C8H9N7O3/c1-13-38-11-23-29(42-13)26(33)27(34)31(43-23)44-28-16-8-22-21(40-12-41-22)7-15(16)24(25-18(28)10-39-30(25)35)14-5-19(36-3)17(9-32-2)20(6-14)37-4;1-12-37-10-21-28(41-12)24(31)25(32)30(42-21)43-26-15-8-18-17(39-11-40-18)7-14(15)22(23-16(26)9-38-29(23)33)13-5-19(34-2)27(36-4)20(6-13)35-3;1-10-7(17)6-11-3(4(9)16)5-12-13-14(2)8(18)15(5)6/h5-8,13,18,23-29,31-34H,9-12H2,1-4H3;5-8,12,16,21-26,28,30-32H,9-11H2,1-4H3;1-2H3,(H2,9,16)(H,10,17)/t13?,18-,23?,24?,25-,26?,27?,28+,29?,31?;12?,16-,21?,22?,23-,24?,25?,26+,28?,30?;/m00./s1. The van der Waals surface area contributed by atoms with Gasteiger partial charge in [0, 0.05) is 49.9 Å². The summed E-state index contributed by atoms with van der Waals surface area (Å²) < 4.78 is 112. The molecule has 36 heteroatoms. The number of rotatable bonds is 15. The third-order valence-electron chi connectivity index (χ3n) is 20.4. The van der Waals surface area contributed by atoms with E-state index in [1.807, 2.05) is 55.6 Å². The first-order chi connectivity index (χ1) is 50.6. The van der Waals surface area contributed by atoms with Crippen molar-refractivity contribution in [3.05, 3.63) is 109 Å². The Morgan fingerprint density at radius 1 is 0.581 bits per heavy atom. The number of aromatic nitrogens is 5. The summed E-state index contributed by atoms with van der Waals surface area (Å²) in [5.74, 6) is -1.16. The summed E-state index contributed by atoms with van der Waals surface area (Å²) in [5, 5.41) is 56.7. The molecule has 36 nitrogen and oxygen atoms in total. The molecule has 564 valence electrons. The van der Waals surface area contributed by atoms with Crippen LogP contribution in [0.2, 0.25) is 0 Å². The zero-order valence-corrected chi connectivity index (χ0v) is 58.5. The van der Waals surface area contributed by atoms with Gasteiger partial charge >= 0.3 is 17.6 Å². The monoisotopic (exact) mass is 1470 g/mol. The molecule has 16 rings (SSSR count). The molecule has 20 atom stereocenters. The third-order valence-corrected chi connectivity index (χ3v) is 20.4. The number of hydrogen-bond donors (Lipinski definition) is 7. The summed E-state index contributed by atoms with van der Waals surface area (Å²) in [6.07, 6.45) is -13.4. The molecule has 0 radical (unpaired) electrons. The Labute approximate surface area is 597 Å². The number of nitrogens with two attached hydrogens (primary N) is 1. The molecule has 14 unspecified atom stereocenters. The van der Waals surface area contributed by atoms with E-state index in [0.717, 1.165) is 42.5 Å². The number of primary amides is 1. The van der Waals surface area contributed by atoms with E-state index >= 15 is 0 Å². The molecular weight excluding hydrogens is 1390 g/mol. The minimum atomic E-state index is -1.42. The first-order valence-electron chi connectivity index (χ1n) is 33.7. The Hall–Kier alpha value is -9.28. The first kappa shape index (κ1) is 72.7. The van der Waals surface area contributed by atoms with Crippen molar-refractivity contribution >= 4 is 29.4 Å². The molecule has 105 heavy (non-hydrogen) atoms. The van der Waals surface area contributed by atoms with Crippen molar-refractivity contribution in [3.63, 3.8) is 0 Å². The second kappa shape index (κ2) is 29.6. The van der Waals surface area contributed by atoms with Crippen molar-refractivity contribution in [2.45, 2.75) is 118 Å². The Kier molecular flexibility index (Phi) is 20.5. The highest BCUT2D eigenvalue weighted by molar-refractivity contribution is 6.00. The van der Waals surface area contributed by atoms with E-state index in [0.29, 0.717) is 63.9 Å². The molecule has 0 spiro atoms. The Morgan fingerprint density at radius 3 is 1.43 bits per heavy atom. The highest BCUT2D eigenvalue weighted by Gasteiger charge is 2.59. The highest BCUT2D eigenvalue weighted by atomic mass is 16.8. The second-order valence-corrected chi connectivity index (χ2v) is 26.2. The van der Waals surface area contributed by atoms with Crippen molar-refractivity contribution < 1.29 is 130 Å². The van der Waals surface area contributed by atoms with Gasteiger partial charge in [0.25, 0.3) is 11.8 Å². The average molecular weight is 1470 g/mol. The van der Waals surface area contributed by atoms with Gasteiger partial charge in [-0.05, 0) is 103 Å². The van der Waals surface area contributed by atoms with Crippen molar-refractivity contribution in [3.8, 4) is 51.7 Å². The summed E-state index contributed by atoms with van der Waals surface area (Å²) in [7, 11) is 12.3. The van der Waals surface area contributed by atoms with Gasteiger partial charge in [-0.15, -0.1) is 5.10 Å². The van der Waals surface area contributed by atoms with Crippen molar-refractivity contribution in [1.82, 2.24) is 35.0 Å². The number of methoxy groups -OCH3 is 5. The van der Waals surface area contributed by atoms with Gasteiger partial charge < -0.3 is 127 Å². The van der Waals surface area contributed by atoms with E-state index in [4.69, 9.17) is 95.7 Å². The number of fused-ring (bicyclic) bond motifs is 9. The number of nitrogens with zero attached hydrogens (tertiary/aromatic N) is 5. The zero-order chi connectivity index (χ0) is 74.1. The fraction of sp³-hybridized carbons (Fsp3) is 0.536. The average Bonchev–Trinajstić information content (AvgIpc) is 1.69. The largest absolute Gasteiger partial charge is 0.496 e. The maximum atomic E-state index is 13.5. The topological polar surface area (TPSA) is 440 Å². The van der Waals surface area contributed by atoms with Gasteiger partial charge in [0.1, 0.15) is 60.3 Å². The van der Waals surface area contributed by atoms with E-state index in [9.17, 15) is 44.4 Å². The maximum Gasteiger partial charge on any atom is 0.353 e. The predicted octanol–water partition coefficient (Wildman–Crippen LogP) is 0.276. The molecule has 2 amide bonds. The molecule has 10 heterocycles. The van der Waals surface area contributed by atoms with E-state index in [1.54, 1.807) is 28.1 Å². The summed E-state index contributed by atoms with van der Waals surface area (Å²) in [5.41, 5.74) is 9.35. The van der Waals surface area contributed by atoms with E-state index in [-0.39, 0.29) is 63.1 Å². The van der Waals surface area contributed by atoms with Crippen LogP contribution >= 0.6 is 0 Å². The van der Waals surface area contributed by atoms with Gasteiger partial charge in [0.15, 0.2) is 71.0 Å². The van der Waals surface area contributed by atoms with Crippen LogP contribution in [0.15, 0.2) is 53.3 Å². The number of aliphatic hydroxyl groups is 4. The SMILES string of the molecule is CNC(=O)c1nc(C(N)=O)c2nnn(C)c(=O)n12.CNCc1c(OC)cc(C2c3cc4c(cc3[C@@H](OC3OC5COC(C)OC5C(O)C3O)[C@H]3COC(=O)[C@H]23)OCO4)cc1OC.COc1cc(C2c3cc4c(cc3[C@@H](OC3OC5COC(C)OC5C(O)C3O)[C@H]3COC(=O)[C@H]23)OCO4)cc(OC)c1OC. The second-order valence-electron chi connectivity index (χ2n) is 26.2. The number of nitrogens with one attached hydrogen (secondary N) is 2. The van der Waals surface area contributed by atoms with Crippen LogP contribution in [0.1, 0.15) is 97.9 Å². The predicted molar refractivity (Wildman–Crippen MR) is 351 cm³/mol. The van der Waals surface area contributed by atoms with Crippen molar-refractivity contribution in [2.75, 3.05) is 89.7 Å². The van der Waals surface area contributed by atoms with E-state index in [1.165, 1.54) is 35.4 Å². The molecule has 10 aliphatic rings. The minimum Gasteiger partial charge on any atom is -0.496 e. The number of aryl methyl sites for hydroxylation is 1. The lowest BCUT2D eigenvalue weighted by Gasteiger charge is -2.47. The zero-order valence-electron chi connectivity index (χ0n) is 58.5. The Balaban J connectivity index is 0.000000144. The molecule has 2 aliphatic carbocycles. The lowest BCUT2D eigenvalue weighted by molar-refractivity contribution is -0.364. The fourth-order valence-electron chi connectivity index (χ4n) is 15.5. The number of carbonyl (C=O) groups is 4. The highest BCUT2D eigenvalue weighted by Crippen LogP contribution is 2.59. The number of benzene rings is 4. The molecule has 0 saturated carbocycles. The molecule has 2 aromatic heterocycles. The van der Waals surface area contributed by atoms with Crippen LogP contribution in [0, 0.1) is 23.7 Å².